The van der Waals surface area contributed by atoms with Crippen LogP contribution in [0.4, 0.5) is 4.79 Å². The Morgan fingerprint density at radius 3 is 2.42 bits per heavy atom. The average Bonchev–Trinajstić information content (AvgIpc) is 2.24. The summed E-state index contributed by atoms with van der Waals surface area (Å²) in [6, 6.07) is -0.228. The van der Waals surface area contributed by atoms with Gasteiger partial charge in [0.25, 0.3) is 0 Å². The molecule has 110 valence electrons. The highest BCUT2D eigenvalue weighted by Crippen LogP contribution is 2.14. The lowest BCUT2D eigenvalue weighted by molar-refractivity contribution is -0.138. The molecule has 5 nitrogen and oxygen atoms in total. The van der Waals surface area contributed by atoms with Crippen LogP contribution in [0.1, 0.15) is 40.0 Å². The van der Waals surface area contributed by atoms with Crippen LogP contribution in [0, 0.1) is 11.8 Å². The fourth-order valence-corrected chi connectivity index (χ4v) is 1.97. The molecule has 0 spiro atoms. The molecule has 2 atom stereocenters. The van der Waals surface area contributed by atoms with Gasteiger partial charge in [0, 0.05) is 19.0 Å². The zero-order chi connectivity index (χ0) is 14.8. The second-order valence-corrected chi connectivity index (χ2v) is 5.37. The Labute approximate surface area is 115 Å². The molecule has 0 rings (SSSR count). The zero-order valence-corrected chi connectivity index (χ0v) is 12.1. The van der Waals surface area contributed by atoms with Gasteiger partial charge in [-0.2, -0.15) is 0 Å². The second kappa shape index (κ2) is 9.42. The third-order valence-electron chi connectivity index (χ3n) is 2.72. The van der Waals surface area contributed by atoms with Crippen molar-refractivity contribution in [3.05, 3.63) is 12.7 Å². The van der Waals surface area contributed by atoms with E-state index >= 15 is 0 Å². The largest absolute Gasteiger partial charge is 0.481 e. The summed E-state index contributed by atoms with van der Waals surface area (Å²) < 4.78 is 0. The normalized spacial score (nSPS) is 13.7. The van der Waals surface area contributed by atoms with Gasteiger partial charge in [0.05, 0.1) is 0 Å². The molecule has 0 heterocycles. The number of amides is 2. The molecule has 0 aromatic rings. The first-order valence-corrected chi connectivity index (χ1v) is 6.72. The van der Waals surface area contributed by atoms with Gasteiger partial charge in [-0.1, -0.05) is 19.9 Å². The van der Waals surface area contributed by atoms with Crippen LogP contribution in [0.5, 0.6) is 0 Å². The number of carboxylic acids is 1. The molecule has 2 amide bonds. The third kappa shape index (κ3) is 10.1. The number of hydrogen-bond donors (Lipinski definition) is 3. The first-order chi connectivity index (χ1) is 8.85. The SMILES string of the molecule is C=CCC(C)NC(=O)NC[C@H](CC(=O)O)CC(C)C. The second-order valence-electron chi connectivity index (χ2n) is 5.37. The molecule has 0 aliphatic carbocycles. The van der Waals surface area contributed by atoms with E-state index < -0.39 is 5.97 Å². The van der Waals surface area contributed by atoms with Crippen LogP contribution in [0.3, 0.4) is 0 Å². The van der Waals surface area contributed by atoms with Crippen LogP contribution in [0.15, 0.2) is 12.7 Å². The summed E-state index contributed by atoms with van der Waals surface area (Å²) >= 11 is 0. The molecule has 0 radical (unpaired) electrons. The molecule has 5 heteroatoms. The van der Waals surface area contributed by atoms with Gasteiger partial charge in [0.15, 0.2) is 0 Å². The molecule has 0 aliphatic heterocycles. The van der Waals surface area contributed by atoms with Crippen LogP contribution < -0.4 is 10.6 Å². The summed E-state index contributed by atoms with van der Waals surface area (Å²) in [5.41, 5.74) is 0. The molecule has 0 saturated carbocycles. The van der Waals surface area contributed by atoms with Crippen molar-refractivity contribution in [2.45, 2.75) is 46.1 Å². The standard InChI is InChI=1S/C14H26N2O3/c1-5-6-11(4)16-14(19)15-9-12(7-10(2)3)8-13(17)18/h5,10-12H,1,6-9H2,2-4H3,(H,17,18)(H2,15,16,19)/t11?,12-/m0/s1. The summed E-state index contributed by atoms with van der Waals surface area (Å²) in [4.78, 5) is 22.4. The van der Waals surface area contributed by atoms with E-state index in [-0.39, 0.29) is 24.4 Å². The lowest BCUT2D eigenvalue weighted by atomic mass is 9.94. The summed E-state index contributed by atoms with van der Waals surface area (Å²) in [6.45, 7) is 9.97. The molecule has 1 unspecified atom stereocenters. The van der Waals surface area contributed by atoms with Crippen molar-refractivity contribution >= 4 is 12.0 Å². The van der Waals surface area contributed by atoms with Gasteiger partial charge in [0.2, 0.25) is 0 Å². The quantitative estimate of drug-likeness (QED) is 0.563. The zero-order valence-electron chi connectivity index (χ0n) is 12.1. The first kappa shape index (κ1) is 17.5. The molecule has 0 fully saturated rings. The maximum absolute atomic E-state index is 11.6. The van der Waals surface area contributed by atoms with Gasteiger partial charge in [-0.25, -0.2) is 4.79 Å². The van der Waals surface area contributed by atoms with Gasteiger partial charge in [-0.3, -0.25) is 4.79 Å². The van der Waals surface area contributed by atoms with Crippen LogP contribution in [-0.4, -0.2) is 29.7 Å². The van der Waals surface area contributed by atoms with E-state index in [1.807, 2.05) is 20.8 Å². The maximum atomic E-state index is 11.6. The van der Waals surface area contributed by atoms with E-state index in [9.17, 15) is 9.59 Å². The minimum absolute atomic E-state index is 0.0283. The van der Waals surface area contributed by atoms with E-state index in [0.29, 0.717) is 18.9 Å². The summed E-state index contributed by atoms with van der Waals surface area (Å²) in [6.07, 6.45) is 3.32. The predicted octanol–water partition coefficient (Wildman–Crippen LogP) is 2.39. The predicted molar refractivity (Wildman–Crippen MR) is 76.0 cm³/mol. The molecule has 0 aliphatic rings. The fourth-order valence-electron chi connectivity index (χ4n) is 1.97. The van der Waals surface area contributed by atoms with Crippen molar-refractivity contribution in [3.8, 4) is 0 Å². The number of nitrogens with one attached hydrogen (secondary N) is 2. The highest BCUT2D eigenvalue weighted by atomic mass is 16.4. The van der Waals surface area contributed by atoms with Crippen LogP contribution in [0.2, 0.25) is 0 Å². The lowest BCUT2D eigenvalue weighted by Gasteiger charge is -2.19. The van der Waals surface area contributed by atoms with E-state index in [2.05, 4.69) is 17.2 Å². The summed E-state index contributed by atoms with van der Waals surface area (Å²) in [5, 5.41) is 14.3. The van der Waals surface area contributed by atoms with Crippen molar-refractivity contribution in [1.82, 2.24) is 10.6 Å². The first-order valence-electron chi connectivity index (χ1n) is 6.72. The monoisotopic (exact) mass is 270 g/mol. The molecule has 19 heavy (non-hydrogen) atoms. The minimum atomic E-state index is -0.826. The fraction of sp³-hybridized carbons (Fsp3) is 0.714. The Morgan fingerprint density at radius 2 is 1.95 bits per heavy atom. The van der Waals surface area contributed by atoms with Gasteiger partial charge in [-0.05, 0) is 31.6 Å². The lowest BCUT2D eigenvalue weighted by Crippen LogP contribution is -2.42. The van der Waals surface area contributed by atoms with Crippen LogP contribution >= 0.6 is 0 Å². The van der Waals surface area contributed by atoms with Crippen molar-refractivity contribution in [2.75, 3.05) is 6.54 Å². The van der Waals surface area contributed by atoms with Gasteiger partial charge < -0.3 is 15.7 Å². The number of carboxylic acid groups (broad SMARTS) is 1. The number of urea groups is 1. The van der Waals surface area contributed by atoms with Crippen molar-refractivity contribution in [1.29, 1.82) is 0 Å². The van der Waals surface area contributed by atoms with E-state index in [4.69, 9.17) is 5.11 Å². The Kier molecular flexibility index (Phi) is 8.66. The van der Waals surface area contributed by atoms with Crippen molar-refractivity contribution in [2.24, 2.45) is 11.8 Å². The highest BCUT2D eigenvalue weighted by molar-refractivity contribution is 5.74. The topological polar surface area (TPSA) is 78.4 Å². The van der Waals surface area contributed by atoms with Crippen molar-refractivity contribution in [3.63, 3.8) is 0 Å². The van der Waals surface area contributed by atoms with E-state index in [0.717, 1.165) is 6.42 Å². The van der Waals surface area contributed by atoms with E-state index in [1.165, 1.54) is 0 Å². The molecule has 3 N–H and O–H groups in total. The number of aliphatic carboxylic acids is 1. The average molecular weight is 270 g/mol. The van der Waals surface area contributed by atoms with Gasteiger partial charge in [0.1, 0.15) is 0 Å². The van der Waals surface area contributed by atoms with Gasteiger partial charge >= 0.3 is 12.0 Å². The van der Waals surface area contributed by atoms with Crippen molar-refractivity contribution < 1.29 is 14.7 Å². The molecular formula is C14H26N2O3. The van der Waals surface area contributed by atoms with Crippen LogP contribution in [0.25, 0.3) is 0 Å². The highest BCUT2D eigenvalue weighted by Gasteiger charge is 2.16. The molecule has 0 saturated heterocycles. The van der Waals surface area contributed by atoms with Gasteiger partial charge in [-0.15, -0.1) is 6.58 Å². The maximum Gasteiger partial charge on any atom is 0.315 e. The summed E-state index contributed by atoms with van der Waals surface area (Å²) in [5.74, 6) is -0.445. The Morgan fingerprint density at radius 1 is 1.32 bits per heavy atom. The molecule has 0 aromatic heterocycles. The van der Waals surface area contributed by atoms with Crippen LogP contribution in [-0.2, 0) is 4.79 Å². The third-order valence-corrected chi connectivity index (χ3v) is 2.72. The Balaban J connectivity index is 4.11. The number of carbonyl (C=O) groups is 2. The minimum Gasteiger partial charge on any atom is -0.481 e. The molecular weight excluding hydrogens is 244 g/mol. The molecule has 0 bridgehead atoms. The number of carbonyl (C=O) groups excluding carboxylic acids is 1. The smallest absolute Gasteiger partial charge is 0.315 e. The van der Waals surface area contributed by atoms with E-state index in [1.54, 1.807) is 6.08 Å². The number of hydrogen-bond acceptors (Lipinski definition) is 2. The summed E-state index contributed by atoms with van der Waals surface area (Å²) in [7, 11) is 0. The number of rotatable bonds is 9. The molecule has 0 aromatic carbocycles. The Hall–Kier alpha value is -1.52. The Bertz CT molecular complexity index is 303.